The lowest BCUT2D eigenvalue weighted by Gasteiger charge is -2.20. The van der Waals surface area contributed by atoms with E-state index in [1.165, 1.54) is 37.2 Å². The van der Waals surface area contributed by atoms with E-state index in [0.29, 0.717) is 0 Å². The van der Waals surface area contributed by atoms with Gasteiger partial charge in [0.05, 0.1) is 6.61 Å². The lowest BCUT2D eigenvalue weighted by atomic mass is 10.1. The second kappa shape index (κ2) is 5.24. The van der Waals surface area contributed by atoms with Crippen molar-refractivity contribution < 1.29 is 4.74 Å². The van der Waals surface area contributed by atoms with E-state index in [1.54, 1.807) is 0 Å². The molecule has 0 atom stereocenters. The Balaban J connectivity index is 2.09. The Hall–Kier alpha value is -1.18. The van der Waals surface area contributed by atoms with Crippen LogP contribution < -0.4 is 9.64 Å². The van der Waals surface area contributed by atoms with Crippen LogP contribution in [0, 0.1) is 6.92 Å². The molecule has 1 saturated heterocycles. The van der Waals surface area contributed by atoms with E-state index >= 15 is 0 Å². The molecule has 2 nitrogen and oxygen atoms in total. The zero-order chi connectivity index (χ0) is 11.4. The van der Waals surface area contributed by atoms with Gasteiger partial charge in [0.25, 0.3) is 0 Å². The van der Waals surface area contributed by atoms with E-state index < -0.39 is 0 Å². The van der Waals surface area contributed by atoms with Gasteiger partial charge in [-0.15, -0.1) is 0 Å². The Morgan fingerprint density at radius 1 is 1.25 bits per heavy atom. The molecule has 16 heavy (non-hydrogen) atoms. The first-order valence-electron chi connectivity index (χ1n) is 6.29. The molecule has 1 fully saturated rings. The van der Waals surface area contributed by atoms with E-state index in [4.69, 9.17) is 4.74 Å². The summed E-state index contributed by atoms with van der Waals surface area (Å²) in [6.07, 6.45) is 3.72. The van der Waals surface area contributed by atoms with Gasteiger partial charge >= 0.3 is 0 Å². The van der Waals surface area contributed by atoms with Crippen LogP contribution in [-0.2, 0) is 0 Å². The number of anilines is 1. The minimum Gasteiger partial charge on any atom is -0.494 e. The van der Waals surface area contributed by atoms with Gasteiger partial charge < -0.3 is 9.64 Å². The molecule has 1 aliphatic heterocycles. The average molecular weight is 219 g/mol. The molecular formula is C14H21NO. The number of ether oxygens (including phenoxy) is 1. The van der Waals surface area contributed by atoms with Crippen molar-refractivity contribution in [2.45, 2.75) is 33.1 Å². The third-order valence-electron chi connectivity index (χ3n) is 3.09. The fourth-order valence-corrected chi connectivity index (χ4v) is 2.25. The van der Waals surface area contributed by atoms with Crippen molar-refractivity contribution >= 4 is 5.69 Å². The minimum atomic E-state index is 0.808. The van der Waals surface area contributed by atoms with Crippen molar-refractivity contribution in [1.82, 2.24) is 0 Å². The lowest BCUT2D eigenvalue weighted by molar-refractivity contribution is 0.317. The summed E-state index contributed by atoms with van der Waals surface area (Å²) in [6, 6.07) is 6.45. The van der Waals surface area contributed by atoms with Gasteiger partial charge in [0.1, 0.15) is 5.75 Å². The summed E-state index contributed by atoms with van der Waals surface area (Å²) in [6.45, 7) is 7.52. The molecule has 0 N–H and O–H groups in total. The van der Waals surface area contributed by atoms with Crippen LogP contribution in [0.15, 0.2) is 18.2 Å². The first-order chi connectivity index (χ1) is 7.81. The number of aryl methyl sites for hydroxylation is 1. The highest BCUT2D eigenvalue weighted by Gasteiger charge is 2.14. The number of nitrogens with zero attached hydrogens (tertiary/aromatic N) is 1. The summed E-state index contributed by atoms with van der Waals surface area (Å²) in [5.41, 5.74) is 2.71. The summed E-state index contributed by atoms with van der Waals surface area (Å²) >= 11 is 0. The zero-order valence-corrected chi connectivity index (χ0v) is 10.3. The largest absolute Gasteiger partial charge is 0.494 e. The monoisotopic (exact) mass is 219 g/mol. The Morgan fingerprint density at radius 2 is 2.00 bits per heavy atom. The molecule has 1 aliphatic rings. The van der Waals surface area contributed by atoms with Gasteiger partial charge in [-0.1, -0.05) is 6.92 Å². The van der Waals surface area contributed by atoms with Crippen LogP contribution >= 0.6 is 0 Å². The van der Waals surface area contributed by atoms with Gasteiger partial charge in [-0.25, -0.2) is 0 Å². The maximum Gasteiger partial charge on any atom is 0.119 e. The van der Waals surface area contributed by atoms with Crippen LogP contribution in [0.5, 0.6) is 5.75 Å². The maximum absolute atomic E-state index is 5.64. The number of rotatable bonds is 4. The Bertz CT molecular complexity index is 343. The maximum atomic E-state index is 5.64. The second-order valence-electron chi connectivity index (χ2n) is 4.49. The molecule has 88 valence electrons. The number of hydrogen-bond acceptors (Lipinski definition) is 2. The highest BCUT2D eigenvalue weighted by atomic mass is 16.5. The van der Waals surface area contributed by atoms with Crippen LogP contribution in [0.3, 0.4) is 0 Å². The van der Waals surface area contributed by atoms with Gasteiger partial charge in [0, 0.05) is 18.8 Å². The fraction of sp³-hybridized carbons (Fsp3) is 0.571. The molecule has 2 rings (SSSR count). The van der Waals surface area contributed by atoms with Crippen LogP contribution in [0.1, 0.15) is 31.7 Å². The molecule has 1 aromatic carbocycles. The van der Waals surface area contributed by atoms with Crippen molar-refractivity contribution in [3.63, 3.8) is 0 Å². The van der Waals surface area contributed by atoms with E-state index in [2.05, 4.69) is 36.9 Å². The second-order valence-corrected chi connectivity index (χ2v) is 4.49. The van der Waals surface area contributed by atoms with E-state index in [0.717, 1.165) is 18.8 Å². The summed E-state index contributed by atoms with van der Waals surface area (Å²) < 4.78 is 5.64. The molecule has 0 saturated carbocycles. The average Bonchev–Trinajstić information content (AvgIpc) is 2.80. The van der Waals surface area contributed by atoms with Crippen molar-refractivity contribution in [3.8, 4) is 5.75 Å². The summed E-state index contributed by atoms with van der Waals surface area (Å²) in [4.78, 5) is 2.47. The molecule has 1 heterocycles. The molecule has 1 aromatic rings. The van der Waals surface area contributed by atoms with Crippen LogP contribution in [-0.4, -0.2) is 19.7 Å². The molecule has 0 bridgehead atoms. The first kappa shape index (κ1) is 11.3. The Labute approximate surface area is 98.2 Å². The molecule has 0 spiro atoms. The Kier molecular flexibility index (Phi) is 3.70. The zero-order valence-electron chi connectivity index (χ0n) is 10.3. The lowest BCUT2D eigenvalue weighted by Crippen LogP contribution is -2.18. The topological polar surface area (TPSA) is 12.5 Å². The van der Waals surface area contributed by atoms with Crippen LogP contribution in [0.2, 0.25) is 0 Å². The van der Waals surface area contributed by atoms with Crippen molar-refractivity contribution in [2.24, 2.45) is 0 Å². The molecule has 2 heteroatoms. The summed E-state index contributed by atoms with van der Waals surface area (Å²) in [5, 5.41) is 0. The van der Waals surface area contributed by atoms with Crippen molar-refractivity contribution in [3.05, 3.63) is 23.8 Å². The molecule has 0 radical (unpaired) electrons. The van der Waals surface area contributed by atoms with E-state index in [9.17, 15) is 0 Å². The molecule has 0 aromatic heterocycles. The normalized spacial score (nSPS) is 15.5. The van der Waals surface area contributed by atoms with Crippen molar-refractivity contribution in [2.75, 3.05) is 24.6 Å². The Morgan fingerprint density at radius 3 is 2.62 bits per heavy atom. The molecular weight excluding hydrogens is 198 g/mol. The standard InChI is InChI=1S/C14H21NO/c1-3-10-16-13-6-7-14(12(2)11-13)15-8-4-5-9-15/h6-7,11H,3-5,8-10H2,1-2H3. The predicted octanol–water partition coefficient (Wildman–Crippen LogP) is 3.38. The molecule has 0 unspecified atom stereocenters. The van der Waals surface area contributed by atoms with Gasteiger partial charge in [0.2, 0.25) is 0 Å². The first-order valence-corrected chi connectivity index (χ1v) is 6.29. The fourth-order valence-electron chi connectivity index (χ4n) is 2.25. The third kappa shape index (κ3) is 2.49. The highest BCUT2D eigenvalue weighted by molar-refractivity contribution is 5.56. The van der Waals surface area contributed by atoms with Crippen LogP contribution in [0.25, 0.3) is 0 Å². The van der Waals surface area contributed by atoms with Gasteiger partial charge in [-0.2, -0.15) is 0 Å². The minimum absolute atomic E-state index is 0.808. The van der Waals surface area contributed by atoms with Crippen LogP contribution in [0.4, 0.5) is 5.69 Å². The van der Waals surface area contributed by atoms with Gasteiger partial charge in [0.15, 0.2) is 0 Å². The smallest absolute Gasteiger partial charge is 0.119 e. The van der Waals surface area contributed by atoms with E-state index in [1.807, 2.05) is 0 Å². The SMILES string of the molecule is CCCOc1ccc(N2CCCC2)c(C)c1. The highest BCUT2D eigenvalue weighted by Crippen LogP contribution is 2.27. The van der Waals surface area contributed by atoms with Gasteiger partial charge in [-0.3, -0.25) is 0 Å². The predicted molar refractivity (Wildman–Crippen MR) is 68.4 cm³/mol. The van der Waals surface area contributed by atoms with Crippen molar-refractivity contribution in [1.29, 1.82) is 0 Å². The van der Waals surface area contributed by atoms with Gasteiger partial charge in [-0.05, 0) is 49.9 Å². The molecule has 0 amide bonds. The quantitative estimate of drug-likeness (QED) is 0.769. The number of benzene rings is 1. The third-order valence-corrected chi connectivity index (χ3v) is 3.09. The summed E-state index contributed by atoms with van der Waals surface area (Å²) in [5.74, 6) is 1.00. The number of hydrogen-bond donors (Lipinski definition) is 0. The summed E-state index contributed by atoms with van der Waals surface area (Å²) in [7, 11) is 0. The van der Waals surface area contributed by atoms with E-state index in [-0.39, 0.29) is 0 Å². The molecule has 0 aliphatic carbocycles.